The van der Waals surface area contributed by atoms with Gasteiger partial charge in [-0.15, -0.1) is 0 Å². The molecule has 4 N–H and O–H groups in total. The average molecular weight is 296 g/mol. The summed E-state index contributed by atoms with van der Waals surface area (Å²) in [4.78, 5) is 22.7. The first-order valence-corrected chi connectivity index (χ1v) is 7.07. The van der Waals surface area contributed by atoms with Gasteiger partial charge in [0.2, 0.25) is 0 Å². The normalized spacial score (nSPS) is 12.2. The lowest BCUT2D eigenvalue weighted by atomic mass is 9.94. The van der Waals surface area contributed by atoms with Crippen molar-refractivity contribution in [2.75, 3.05) is 11.9 Å². The monoisotopic (exact) mass is 296 g/mol. The quantitative estimate of drug-likeness (QED) is 0.619. The summed E-state index contributed by atoms with van der Waals surface area (Å²) >= 11 is 0. The Morgan fingerprint density at radius 2 is 2.00 bits per heavy atom. The van der Waals surface area contributed by atoms with Crippen molar-refractivity contribution in [2.24, 2.45) is 11.8 Å². The highest BCUT2D eigenvalue weighted by molar-refractivity contribution is 5.90. The van der Waals surface area contributed by atoms with Gasteiger partial charge in [0.25, 0.3) is 0 Å². The van der Waals surface area contributed by atoms with E-state index in [4.69, 9.17) is 5.11 Å². The standard InChI is InChI=1S/C14H24N4O3/c1-8(2)5-11(6-12(19)20)7-15-14(21)16-13-9(3)17-18-10(13)4/h8,11H,5-7H2,1-4H3,(H,17,18)(H,19,20)(H2,15,16,21)/t11-/m0/s1. The van der Waals surface area contributed by atoms with Gasteiger partial charge in [-0.2, -0.15) is 5.10 Å². The molecule has 0 unspecified atom stereocenters. The molecule has 2 amide bonds. The van der Waals surface area contributed by atoms with Gasteiger partial charge in [0, 0.05) is 13.0 Å². The van der Waals surface area contributed by atoms with Crippen molar-refractivity contribution in [3.05, 3.63) is 11.4 Å². The lowest BCUT2D eigenvalue weighted by Gasteiger charge is -2.18. The number of aryl methyl sites for hydroxylation is 2. The number of carbonyl (C=O) groups is 2. The van der Waals surface area contributed by atoms with Crippen LogP contribution >= 0.6 is 0 Å². The Morgan fingerprint density at radius 1 is 1.33 bits per heavy atom. The maximum atomic E-state index is 11.9. The third-order valence-electron chi connectivity index (χ3n) is 3.19. The number of nitrogens with one attached hydrogen (secondary N) is 3. The summed E-state index contributed by atoms with van der Waals surface area (Å²) in [5.74, 6) is -0.526. The molecule has 0 saturated heterocycles. The van der Waals surface area contributed by atoms with Crippen LogP contribution in [0.2, 0.25) is 0 Å². The van der Waals surface area contributed by atoms with E-state index < -0.39 is 5.97 Å². The summed E-state index contributed by atoms with van der Waals surface area (Å²) in [5.41, 5.74) is 2.16. The van der Waals surface area contributed by atoms with Crippen molar-refractivity contribution < 1.29 is 14.7 Å². The van der Waals surface area contributed by atoms with Gasteiger partial charge in [0.1, 0.15) is 0 Å². The van der Waals surface area contributed by atoms with Crippen LogP contribution in [0.1, 0.15) is 38.1 Å². The molecular formula is C14H24N4O3. The predicted octanol–water partition coefficient (Wildman–Crippen LogP) is 2.29. The van der Waals surface area contributed by atoms with Crippen molar-refractivity contribution in [3.8, 4) is 0 Å². The Morgan fingerprint density at radius 3 is 2.48 bits per heavy atom. The molecule has 0 fully saturated rings. The molecule has 21 heavy (non-hydrogen) atoms. The summed E-state index contributed by atoms with van der Waals surface area (Å²) in [6.07, 6.45) is 0.818. The van der Waals surface area contributed by atoms with Gasteiger partial charge in [-0.25, -0.2) is 4.79 Å². The molecule has 1 rings (SSSR count). The first-order valence-electron chi connectivity index (χ1n) is 7.07. The molecule has 0 aliphatic carbocycles. The highest BCUT2D eigenvalue weighted by atomic mass is 16.4. The number of nitrogens with zero attached hydrogens (tertiary/aromatic N) is 1. The van der Waals surface area contributed by atoms with Crippen molar-refractivity contribution in [3.63, 3.8) is 0 Å². The fraction of sp³-hybridized carbons (Fsp3) is 0.643. The zero-order chi connectivity index (χ0) is 16.0. The van der Waals surface area contributed by atoms with Crippen LogP contribution in [0.4, 0.5) is 10.5 Å². The molecular weight excluding hydrogens is 272 g/mol. The Bertz CT molecular complexity index is 477. The fourth-order valence-corrected chi connectivity index (χ4v) is 2.28. The van der Waals surface area contributed by atoms with Crippen molar-refractivity contribution in [1.82, 2.24) is 15.5 Å². The summed E-state index contributed by atoms with van der Waals surface area (Å²) in [5, 5.41) is 21.1. The van der Waals surface area contributed by atoms with E-state index in [2.05, 4.69) is 20.8 Å². The zero-order valence-electron chi connectivity index (χ0n) is 13.0. The van der Waals surface area contributed by atoms with Crippen molar-refractivity contribution >= 4 is 17.7 Å². The Hall–Kier alpha value is -2.05. The minimum Gasteiger partial charge on any atom is -0.481 e. The first kappa shape index (κ1) is 17.0. The molecule has 0 aliphatic rings. The molecule has 1 atom stereocenters. The highest BCUT2D eigenvalue weighted by Gasteiger charge is 2.17. The van der Waals surface area contributed by atoms with E-state index in [1.54, 1.807) is 6.92 Å². The summed E-state index contributed by atoms with van der Waals surface area (Å²) in [6.45, 7) is 8.03. The zero-order valence-corrected chi connectivity index (χ0v) is 13.0. The van der Waals surface area contributed by atoms with Crippen LogP contribution in [0.25, 0.3) is 0 Å². The number of anilines is 1. The van der Waals surface area contributed by atoms with Gasteiger partial charge in [-0.05, 0) is 32.1 Å². The molecule has 0 saturated carbocycles. The molecule has 0 aromatic carbocycles. The average Bonchev–Trinajstić information content (AvgIpc) is 2.66. The second-order valence-corrected chi connectivity index (χ2v) is 5.74. The number of aromatic amines is 1. The van der Waals surface area contributed by atoms with Gasteiger partial charge >= 0.3 is 12.0 Å². The smallest absolute Gasteiger partial charge is 0.319 e. The van der Waals surface area contributed by atoms with Gasteiger partial charge in [0.05, 0.1) is 17.1 Å². The minimum absolute atomic E-state index is 0.0578. The molecule has 7 nitrogen and oxygen atoms in total. The molecule has 7 heteroatoms. The number of rotatable bonds is 7. The number of H-pyrrole nitrogens is 1. The van der Waals surface area contributed by atoms with E-state index in [0.29, 0.717) is 23.8 Å². The number of hydrogen-bond acceptors (Lipinski definition) is 3. The number of urea groups is 1. The third-order valence-corrected chi connectivity index (χ3v) is 3.19. The second-order valence-electron chi connectivity index (χ2n) is 5.74. The van der Waals surface area contributed by atoms with E-state index in [0.717, 1.165) is 12.1 Å². The molecule has 1 aromatic heterocycles. The number of hydrogen-bond donors (Lipinski definition) is 4. The Kier molecular flexibility index (Phi) is 6.20. The number of amides is 2. The Labute approximate surface area is 124 Å². The van der Waals surface area contributed by atoms with Crippen LogP contribution < -0.4 is 10.6 Å². The second kappa shape index (κ2) is 7.66. The lowest BCUT2D eigenvalue weighted by Crippen LogP contribution is -2.34. The number of aliphatic carboxylic acids is 1. The number of carbonyl (C=O) groups excluding carboxylic acids is 1. The topological polar surface area (TPSA) is 107 Å². The van der Waals surface area contributed by atoms with Crippen LogP contribution in [0.5, 0.6) is 0 Å². The van der Waals surface area contributed by atoms with E-state index in [1.807, 2.05) is 20.8 Å². The predicted molar refractivity (Wildman–Crippen MR) is 80.3 cm³/mol. The van der Waals surface area contributed by atoms with Crippen LogP contribution in [0.15, 0.2) is 0 Å². The summed E-state index contributed by atoms with van der Waals surface area (Å²) in [7, 11) is 0. The minimum atomic E-state index is -0.843. The van der Waals surface area contributed by atoms with E-state index in [1.165, 1.54) is 0 Å². The number of carboxylic acids is 1. The van der Waals surface area contributed by atoms with Crippen molar-refractivity contribution in [2.45, 2.75) is 40.5 Å². The first-order chi connectivity index (χ1) is 9.79. The molecule has 1 heterocycles. The van der Waals surface area contributed by atoms with Crippen LogP contribution in [0, 0.1) is 25.7 Å². The van der Waals surface area contributed by atoms with E-state index in [9.17, 15) is 9.59 Å². The van der Waals surface area contributed by atoms with Crippen molar-refractivity contribution in [1.29, 1.82) is 0 Å². The van der Waals surface area contributed by atoms with E-state index in [-0.39, 0.29) is 18.4 Å². The van der Waals surface area contributed by atoms with Crippen LogP contribution in [0.3, 0.4) is 0 Å². The SMILES string of the molecule is Cc1n[nH]c(C)c1NC(=O)NC[C@H](CC(=O)O)CC(C)C. The van der Waals surface area contributed by atoms with Crippen LogP contribution in [-0.2, 0) is 4.79 Å². The summed E-state index contributed by atoms with van der Waals surface area (Å²) in [6, 6.07) is -0.346. The highest BCUT2D eigenvalue weighted by Crippen LogP contribution is 2.17. The number of carboxylic acid groups (broad SMARTS) is 1. The van der Waals surface area contributed by atoms with Gasteiger partial charge in [-0.3, -0.25) is 9.89 Å². The maximum Gasteiger partial charge on any atom is 0.319 e. The number of aromatic nitrogens is 2. The van der Waals surface area contributed by atoms with E-state index >= 15 is 0 Å². The fourth-order valence-electron chi connectivity index (χ4n) is 2.28. The van der Waals surface area contributed by atoms with Gasteiger partial charge in [-0.1, -0.05) is 13.8 Å². The molecule has 0 bridgehead atoms. The maximum absolute atomic E-state index is 11.9. The largest absolute Gasteiger partial charge is 0.481 e. The molecule has 0 spiro atoms. The van der Waals surface area contributed by atoms with Crippen LogP contribution in [-0.4, -0.2) is 33.8 Å². The molecule has 0 aliphatic heterocycles. The molecule has 1 aromatic rings. The van der Waals surface area contributed by atoms with Gasteiger partial charge in [0.15, 0.2) is 0 Å². The Balaban J connectivity index is 2.51. The molecule has 118 valence electrons. The molecule has 0 radical (unpaired) electrons. The lowest BCUT2D eigenvalue weighted by molar-refractivity contribution is -0.138. The third kappa shape index (κ3) is 5.85. The van der Waals surface area contributed by atoms with Gasteiger partial charge < -0.3 is 15.7 Å². The summed E-state index contributed by atoms with van der Waals surface area (Å²) < 4.78 is 0.